The molecule has 1 aromatic carbocycles. The lowest BCUT2D eigenvalue weighted by atomic mass is 10.1. The van der Waals surface area contributed by atoms with Gasteiger partial charge in [-0.3, -0.25) is 4.79 Å². The quantitative estimate of drug-likeness (QED) is 0.160. The van der Waals surface area contributed by atoms with Crippen molar-refractivity contribution in [3.05, 3.63) is 47.0 Å². The number of carbonyl (C=O) groups is 2. The Morgan fingerprint density at radius 3 is 1.72 bits per heavy atom. The first kappa shape index (κ1) is 13.8. The molecule has 0 aliphatic rings. The maximum Gasteiger partial charge on any atom is 0.349 e. The Kier molecular flexibility index (Phi) is 3.79. The lowest BCUT2D eigenvalue weighted by Crippen LogP contribution is -2.15. The van der Waals surface area contributed by atoms with Gasteiger partial charge in [-0.05, 0) is 0 Å². The molecule has 0 aliphatic carbocycles. The number of allylic oxidation sites excluding steroid dienone is 1. The summed E-state index contributed by atoms with van der Waals surface area (Å²) in [7, 11) is 0. The van der Waals surface area contributed by atoms with E-state index < -0.39 is 46.4 Å². The minimum Gasteiger partial charge on any atom is -0.420 e. The fourth-order valence-corrected chi connectivity index (χ4v) is 0.978. The number of carbonyl (C=O) groups excluding carboxylic acids is 2. The molecule has 18 heavy (non-hydrogen) atoms. The van der Waals surface area contributed by atoms with Gasteiger partial charge in [0.2, 0.25) is 5.82 Å². The Labute approximate surface area is 96.5 Å². The molecule has 1 aromatic rings. The largest absolute Gasteiger partial charge is 0.420 e. The molecule has 0 bridgehead atoms. The van der Waals surface area contributed by atoms with Crippen molar-refractivity contribution < 1.29 is 36.3 Å². The summed E-state index contributed by atoms with van der Waals surface area (Å²) in [5.41, 5.74) is -1.80. The van der Waals surface area contributed by atoms with E-state index in [0.717, 1.165) is 0 Å². The van der Waals surface area contributed by atoms with E-state index in [1.54, 1.807) is 0 Å². The minimum atomic E-state index is -2.41. The molecule has 3 nitrogen and oxygen atoms in total. The van der Waals surface area contributed by atoms with Crippen molar-refractivity contribution in [1.82, 2.24) is 0 Å². The second-order valence-corrected chi connectivity index (χ2v) is 2.92. The number of benzene rings is 1. The molecule has 0 spiro atoms. The maximum atomic E-state index is 13.1. The number of hydrogen-bond acceptors (Lipinski definition) is 3. The van der Waals surface area contributed by atoms with Crippen LogP contribution >= 0.6 is 0 Å². The van der Waals surface area contributed by atoms with Crippen LogP contribution in [0.4, 0.5) is 22.0 Å². The number of ether oxygens (including phenoxy) is 1. The third-order valence-electron chi connectivity index (χ3n) is 1.77. The van der Waals surface area contributed by atoms with Crippen LogP contribution in [0.15, 0.2) is 12.3 Å². The van der Waals surface area contributed by atoms with Gasteiger partial charge in [-0.2, -0.15) is 0 Å². The lowest BCUT2D eigenvalue weighted by Gasteiger charge is -2.07. The van der Waals surface area contributed by atoms with Gasteiger partial charge >= 0.3 is 5.97 Å². The van der Waals surface area contributed by atoms with Crippen LogP contribution in [0.25, 0.3) is 0 Å². The topological polar surface area (TPSA) is 43.4 Å². The van der Waals surface area contributed by atoms with Gasteiger partial charge in [-0.1, -0.05) is 6.58 Å². The van der Waals surface area contributed by atoms with Crippen molar-refractivity contribution in [3.8, 4) is 0 Å². The Morgan fingerprint density at radius 1 is 0.944 bits per heavy atom. The summed E-state index contributed by atoms with van der Waals surface area (Å²) in [6.07, 6.45) is -0.0794. The van der Waals surface area contributed by atoms with E-state index in [2.05, 4.69) is 11.3 Å². The maximum absolute atomic E-state index is 13.1. The Balaban J connectivity index is 3.37. The monoisotopic (exact) mass is 266 g/mol. The first-order chi connectivity index (χ1) is 8.31. The van der Waals surface area contributed by atoms with Gasteiger partial charge in [0.25, 0.3) is 0 Å². The van der Waals surface area contributed by atoms with E-state index in [-0.39, 0.29) is 6.29 Å². The Hall–Kier alpha value is -2.25. The van der Waals surface area contributed by atoms with Crippen LogP contribution in [-0.4, -0.2) is 12.3 Å². The summed E-state index contributed by atoms with van der Waals surface area (Å²) in [5, 5.41) is 0. The van der Waals surface area contributed by atoms with Crippen LogP contribution in [0.2, 0.25) is 0 Å². The van der Waals surface area contributed by atoms with E-state index in [1.807, 2.05) is 0 Å². The Bertz CT molecular complexity index is 524. The summed E-state index contributed by atoms with van der Waals surface area (Å²) < 4.78 is 68.2. The molecular formula is C10H3F5O3. The normalized spacial score (nSPS) is 10.1. The first-order valence-electron chi connectivity index (χ1n) is 4.19. The zero-order valence-corrected chi connectivity index (χ0v) is 8.40. The molecule has 0 amide bonds. The molecule has 0 saturated heterocycles. The second-order valence-electron chi connectivity index (χ2n) is 2.92. The zero-order valence-electron chi connectivity index (χ0n) is 8.40. The molecule has 0 aliphatic heterocycles. The van der Waals surface area contributed by atoms with E-state index >= 15 is 0 Å². The molecule has 0 radical (unpaired) electrons. The Morgan fingerprint density at radius 2 is 1.33 bits per heavy atom. The van der Waals surface area contributed by atoms with Crippen LogP contribution in [0.1, 0.15) is 10.4 Å². The third-order valence-corrected chi connectivity index (χ3v) is 1.77. The van der Waals surface area contributed by atoms with Crippen molar-refractivity contribution in [3.63, 3.8) is 0 Å². The molecule has 0 N–H and O–H groups in total. The highest BCUT2D eigenvalue weighted by atomic mass is 19.2. The van der Waals surface area contributed by atoms with Crippen LogP contribution < -0.4 is 0 Å². The van der Waals surface area contributed by atoms with Crippen molar-refractivity contribution in [2.75, 3.05) is 0 Å². The average molecular weight is 266 g/mol. The number of rotatable bonds is 3. The first-order valence-corrected chi connectivity index (χ1v) is 4.19. The molecule has 0 unspecified atom stereocenters. The van der Waals surface area contributed by atoms with Crippen molar-refractivity contribution >= 4 is 12.3 Å². The van der Waals surface area contributed by atoms with Gasteiger partial charge in [0, 0.05) is 0 Å². The number of halogens is 5. The van der Waals surface area contributed by atoms with E-state index in [0.29, 0.717) is 0 Å². The van der Waals surface area contributed by atoms with Crippen LogP contribution in [-0.2, 0) is 9.53 Å². The van der Waals surface area contributed by atoms with Gasteiger partial charge < -0.3 is 4.74 Å². The summed E-state index contributed by atoms with van der Waals surface area (Å²) in [5.74, 6) is -14.5. The zero-order chi connectivity index (χ0) is 14.0. The summed E-state index contributed by atoms with van der Waals surface area (Å²) in [6.45, 7) is 2.84. The molecule has 8 heteroatoms. The number of aldehydes is 1. The second kappa shape index (κ2) is 4.94. The summed E-state index contributed by atoms with van der Waals surface area (Å²) in [4.78, 5) is 21.2. The standard InChI is InChI=1S/C10H3F5O3/c1-3(2-16)18-10(17)4-5(11)7(13)9(15)8(14)6(4)12/h2H,1H2. The van der Waals surface area contributed by atoms with Gasteiger partial charge in [0.1, 0.15) is 5.56 Å². The van der Waals surface area contributed by atoms with E-state index in [4.69, 9.17) is 0 Å². The van der Waals surface area contributed by atoms with Crippen LogP contribution in [0.3, 0.4) is 0 Å². The van der Waals surface area contributed by atoms with Gasteiger partial charge in [-0.25, -0.2) is 26.7 Å². The predicted octanol–water partition coefficient (Wildman–Crippen LogP) is 2.25. The minimum absolute atomic E-state index is 0.0794. The fraction of sp³-hybridized carbons (Fsp3) is 0. The van der Waals surface area contributed by atoms with E-state index in [1.165, 1.54) is 0 Å². The third kappa shape index (κ3) is 2.22. The molecule has 0 heterocycles. The van der Waals surface area contributed by atoms with Crippen LogP contribution in [0, 0.1) is 29.1 Å². The molecule has 0 saturated carbocycles. The van der Waals surface area contributed by atoms with Crippen LogP contribution in [0.5, 0.6) is 0 Å². The number of hydrogen-bond donors (Lipinski definition) is 0. The van der Waals surface area contributed by atoms with Crippen molar-refractivity contribution in [2.24, 2.45) is 0 Å². The van der Waals surface area contributed by atoms with Crippen molar-refractivity contribution in [2.45, 2.75) is 0 Å². The van der Waals surface area contributed by atoms with Gasteiger partial charge in [-0.15, -0.1) is 0 Å². The highest BCUT2D eigenvalue weighted by Crippen LogP contribution is 2.23. The smallest absolute Gasteiger partial charge is 0.349 e. The highest BCUT2D eigenvalue weighted by molar-refractivity contribution is 5.92. The van der Waals surface area contributed by atoms with Crippen molar-refractivity contribution in [1.29, 1.82) is 0 Å². The number of esters is 1. The predicted molar refractivity (Wildman–Crippen MR) is 46.9 cm³/mol. The van der Waals surface area contributed by atoms with E-state index in [9.17, 15) is 31.5 Å². The summed E-state index contributed by atoms with van der Waals surface area (Å²) in [6, 6.07) is 0. The molecule has 0 atom stereocenters. The van der Waals surface area contributed by atoms with Gasteiger partial charge in [0.15, 0.2) is 35.3 Å². The molecule has 0 fully saturated rings. The SMILES string of the molecule is C=C(C=O)OC(=O)c1c(F)c(F)c(F)c(F)c1F. The van der Waals surface area contributed by atoms with Gasteiger partial charge in [0.05, 0.1) is 0 Å². The lowest BCUT2D eigenvalue weighted by molar-refractivity contribution is -0.107. The molecule has 1 rings (SSSR count). The fourth-order valence-electron chi connectivity index (χ4n) is 0.978. The molecule has 0 aromatic heterocycles. The highest BCUT2D eigenvalue weighted by Gasteiger charge is 2.30. The average Bonchev–Trinajstić information content (AvgIpc) is 2.34. The molecule has 96 valence electrons. The summed E-state index contributed by atoms with van der Waals surface area (Å²) >= 11 is 0. The molecular weight excluding hydrogens is 263 g/mol.